The Kier molecular flexibility index (Phi) is 6.87. The van der Waals surface area contributed by atoms with Gasteiger partial charge in [0, 0.05) is 42.3 Å². The Balaban J connectivity index is 1.63. The maximum absolute atomic E-state index is 12.6. The zero-order valence-electron chi connectivity index (χ0n) is 16.4. The van der Waals surface area contributed by atoms with E-state index in [4.69, 9.17) is 14.6 Å². The minimum atomic E-state index is -0.869. The van der Waals surface area contributed by atoms with Gasteiger partial charge in [0.05, 0.1) is 7.11 Å². The van der Waals surface area contributed by atoms with Gasteiger partial charge in [0.1, 0.15) is 5.60 Å². The molecule has 0 bridgehead atoms. The molecule has 6 nitrogen and oxygen atoms in total. The Bertz CT molecular complexity index is 880. The molecule has 2 N–H and O–H groups in total. The SMILES string of the molecule is COC(=O)C(NC(=O)c1ccc(C#CC#C[C@@H]2C[C@H]2CO)cc1)C1(OC)CSC1. The number of benzene rings is 1. The second kappa shape index (κ2) is 9.37. The Morgan fingerprint density at radius 3 is 2.52 bits per heavy atom. The molecule has 0 radical (unpaired) electrons. The normalized spacial score (nSPS) is 21.9. The summed E-state index contributed by atoms with van der Waals surface area (Å²) in [5.74, 6) is 12.4. The van der Waals surface area contributed by atoms with E-state index in [0.717, 1.165) is 12.0 Å². The van der Waals surface area contributed by atoms with Gasteiger partial charge in [0.2, 0.25) is 0 Å². The largest absolute Gasteiger partial charge is 0.467 e. The molecule has 1 amide bonds. The topological polar surface area (TPSA) is 84.9 Å². The number of hydrogen-bond acceptors (Lipinski definition) is 6. The van der Waals surface area contributed by atoms with Crippen molar-refractivity contribution in [3.8, 4) is 23.7 Å². The number of thioether (sulfide) groups is 1. The van der Waals surface area contributed by atoms with E-state index in [1.807, 2.05) is 0 Å². The molecule has 3 atom stereocenters. The second-order valence-electron chi connectivity index (χ2n) is 7.07. The van der Waals surface area contributed by atoms with Gasteiger partial charge in [-0.3, -0.25) is 4.79 Å². The zero-order chi connectivity index (χ0) is 20.9. The summed E-state index contributed by atoms with van der Waals surface area (Å²) < 4.78 is 10.4. The van der Waals surface area contributed by atoms with Crippen molar-refractivity contribution in [1.82, 2.24) is 5.32 Å². The molecule has 1 aromatic rings. The lowest BCUT2D eigenvalue weighted by molar-refractivity contribution is -0.150. The average molecular weight is 413 g/mol. The van der Waals surface area contributed by atoms with Crippen LogP contribution in [-0.2, 0) is 14.3 Å². The van der Waals surface area contributed by atoms with Crippen molar-refractivity contribution in [2.75, 3.05) is 32.3 Å². The van der Waals surface area contributed by atoms with E-state index in [2.05, 4.69) is 29.0 Å². The second-order valence-corrected chi connectivity index (χ2v) is 8.06. The van der Waals surface area contributed by atoms with Gasteiger partial charge in [-0.05, 0) is 48.4 Å². The highest BCUT2D eigenvalue weighted by Gasteiger charge is 2.50. The molecule has 152 valence electrons. The van der Waals surface area contributed by atoms with Gasteiger partial charge in [-0.25, -0.2) is 4.79 Å². The number of esters is 1. The molecule has 1 saturated carbocycles. The summed E-state index contributed by atoms with van der Waals surface area (Å²) in [6.45, 7) is 0.178. The van der Waals surface area contributed by atoms with Crippen LogP contribution in [0.4, 0.5) is 0 Å². The number of methoxy groups -OCH3 is 2. The van der Waals surface area contributed by atoms with Crippen molar-refractivity contribution in [2.45, 2.75) is 18.1 Å². The van der Waals surface area contributed by atoms with E-state index >= 15 is 0 Å². The number of carbonyl (C=O) groups excluding carboxylic acids is 2. The number of nitrogens with one attached hydrogen (secondary N) is 1. The number of ether oxygens (including phenoxy) is 2. The third-order valence-corrected chi connectivity index (χ3v) is 6.55. The molecule has 2 aliphatic rings. The van der Waals surface area contributed by atoms with Gasteiger partial charge in [0.15, 0.2) is 6.04 Å². The van der Waals surface area contributed by atoms with E-state index in [9.17, 15) is 9.59 Å². The molecule has 3 rings (SSSR count). The number of amides is 1. The van der Waals surface area contributed by atoms with Crippen LogP contribution in [0.2, 0.25) is 0 Å². The first kappa shape index (κ1) is 21.3. The van der Waals surface area contributed by atoms with Crippen LogP contribution in [0.15, 0.2) is 24.3 Å². The highest BCUT2D eigenvalue weighted by molar-refractivity contribution is 8.00. The van der Waals surface area contributed by atoms with Crippen molar-refractivity contribution in [3.05, 3.63) is 35.4 Å². The van der Waals surface area contributed by atoms with E-state index in [1.165, 1.54) is 14.2 Å². The van der Waals surface area contributed by atoms with Crippen molar-refractivity contribution >= 4 is 23.6 Å². The van der Waals surface area contributed by atoms with Gasteiger partial charge in [-0.2, -0.15) is 11.8 Å². The van der Waals surface area contributed by atoms with Gasteiger partial charge in [-0.1, -0.05) is 11.8 Å². The summed E-state index contributed by atoms with van der Waals surface area (Å²) in [4.78, 5) is 24.8. The van der Waals surface area contributed by atoms with Gasteiger partial charge in [-0.15, -0.1) is 0 Å². The quantitative estimate of drug-likeness (QED) is 0.536. The van der Waals surface area contributed by atoms with E-state index in [-0.39, 0.29) is 18.4 Å². The summed E-state index contributed by atoms with van der Waals surface area (Å²) in [5.41, 5.74) is 0.407. The lowest BCUT2D eigenvalue weighted by Crippen LogP contribution is -2.65. The lowest BCUT2D eigenvalue weighted by Gasteiger charge is -2.44. The summed E-state index contributed by atoms with van der Waals surface area (Å²) in [6.07, 6.45) is 0.935. The van der Waals surface area contributed by atoms with Crippen LogP contribution in [0.5, 0.6) is 0 Å². The predicted octanol–water partition coefficient (Wildman–Crippen LogP) is 1.07. The number of rotatable bonds is 6. The molecular weight excluding hydrogens is 390 g/mol. The van der Waals surface area contributed by atoms with Gasteiger partial charge >= 0.3 is 5.97 Å². The maximum atomic E-state index is 12.6. The Morgan fingerprint density at radius 1 is 1.28 bits per heavy atom. The first-order valence-corrected chi connectivity index (χ1v) is 10.4. The average Bonchev–Trinajstić information content (AvgIpc) is 3.48. The van der Waals surface area contributed by atoms with Crippen LogP contribution in [0, 0.1) is 35.5 Å². The molecule has 0 aromatic heterocycles. The third-order valence-electron chi connectivity index (χ3n) is 5.17. The van der Waals surface area contributed by atoms with Crippen LogP contribution >= 0.6 is 11.8 Å². The number of aliphatic hydroxyl groups excluding tert-OH is 1. The van der Waals surface area contributed by atoms with Crippen molar-refractivity contribution in [1.29, 1.82) is 0 Å². The lowest BCUT2D eigenvalue weighted by atomic mass is 9.96. The summed E-state index contributed by atoms with van der Waals surface area (Å²) in [5, 5.41) is 11.7. The van der Waals surface area contributed by atoms with Gasteiger partial charge in [0.25, 0.3) is 5.91 Å². The highest BCUT2D eigenvalue weighted by Crippen LogP contribution is 2.37. The van der Waals surface area contributed by atoms with E-state index in [1.54, 1.807) is 36.0 Å². The van der Waals surface area contributed by atoms with E-state index < -0.39 is 17.6 Å². The molecule has 1 aliphatic heterocycles. The van der Waals surface area contributed by atoms with Crippen LogP contribution in [0.3, 0.4) is 0 Å². The summed E-state index contributed by atoms with van der Waals surface area (Å²) >= 11 is 1.64. The third kappa shape index (κ3) is 4.94. The van der Waals surface area contributed by atoms with Crippen LogP contribution in [0.25, 0.3) is 0 Å². The molecule has 1 unspecified atom stereocenters. The molecular formula is C22H23NO5S. The highest BCUT2D eigenvalue weighted by atomic mass is 32.2. The molecule has 1 saturated heterocycles. The fourth-order valence-corrected chi connectivity index (χ4v) is 4.18. The minimum Gasteiger partial charge on any atom is -0.467 e. The van der Waals surface area contributed by atoms with Crippen LogP contribution < -0.4 is 5.32 Å². The smallest absolute Gasteiger partial charge is 0.331 e. The fourth-order valence-electron chi connectivity index (χ4n) is 3.01. The molecule has 0 spiro atoms. The maximum Gasteiger partial charge on any atom is 0.331 e. The summed E-state index contributed by atoms with van der Waals surface area (Å²) in [7, 11) is 2.82. The molecule has 1 heterocycles. The first-order chi connectivity index (χ1) is 14.0. The molecule has 1 aliphatic carbocycles. The van der Waals surface area contributed by atoms with Gasteiger partial charge < -0.3 is 19.9 Å². The monoisotopic (exact) mass is 413 g/mol. The zero-order valence-corrected chi connectivity index (χ0v) is 17.2. The van der Waals surface area contributed by atoms with Crippen molar-refractivity contribution < 1.29 is 24.2 Å². The molecule has 7 heteroatoms. The first-order valence-electron chi connectivity index (χ1n) is 9.27. The number of carbonyl (C=O) groups is 2. The Labute approximate surface area is 174 Å². The molecule has 1 aromatic carbocycles. The predicted molar refractivity (Wildman–Crippen MR) is 110 cm³/mol. The number of aliphatic hydroxyl groups is 1. The van der Waals surface area contributed by atoms with Crippen LogP contribution in [0.1, 0.15) is 22.3 Å². The van der Waals surface area contributed by atoms with Crippen molar-refractivity contribution in [3.63, 3.8) is 0 Å². The number of hydrogen-bond donors (Lipinski definition) is 2. The van der Waals surface area contributed by atoms with Crippen molar-refractivity contribution in [2.24, 2.45) is 11.8 Å². The molecule has 2 fully saturated rings. The molecule has 29 heavy (non-hydrogen) atoms. The standard InChI is InChI=1S/C22H23NO5S/c1-27-21(26)19(22(28-2)13-29-14-22)23-20(25)16-9-7-15(8-10-16)5-3-4-6-17-11-18(17)12-24/h7-10,17-19,24H,11-14H2,1-2H3,(H,23,25)/t17-,18+,19?/m1/s1. The Morgan fingerprint density at radius 2 is 2.00 bits per heavy atom. The fraction of sp³-hybridized carbons (Fsp3) is 0.455. The minimum absolute atomic E-state index is 0.178. The summed E-state index contributed by atoms with van der Waals surface area (Å²) in [6, 6.07) is 5.90. The van der Waals surface area contributed by atoms with E-state index in [0.29, 0.717) is 23.0 Å². The van der Waals surface area contributed by atoms with Crippen LogP contribution in [-0.4, -0.2) is 61.0 Å². The Hall–Kier alpha value is -2.45.